The van der Waals surface area contributed by atoms with Crippen molar-refractivity contribution in [2.24, 2.45) is 5.92 Å². The van der Waals surface area contributed by atoms with Gasteiger partial charge in [-0.3, -0.25) is 4.79 Å². The zero-order chi connectivity index (χ0) is 17.5. The maximum absolute atomic E-state index is 12.7. The molecule has 2 aliphatic rings. The van der Waals surface area contributed by atoms with E-state index < -0.39 is 38.6 Å². The van der Waals surface area contributed by atoms with Gasteiger partial charge in [0.15, 0.2) is 9.84 Å². The lowest BCUT2D eigenvalue weighted by molar-refractivity contribution is -0.128. The van der Waals surface area contributed by atoms with Gasteiger partial charge in [-0.15, -0.1) is 0 Å². The average Bonchev–Trinajstić information content (AvgIpc) is 3.19. The van der Waals surface area contributed by atoms with Crippen molar-refractivity contribution in [1.29, 1.82) is 5.26 Å². The molecule has 2 N–H and O–H groups in total. The summed E-state index contributed by atoms with van der Waals surface area (Å²) in [6.07, 6.45) is 0.105. The predicted octanol–water partition coefficient (Wildman–Crippen LogP) is 1.43. The first-order chi connectivity index (χ1) is 11.3. The van der Waals surface area contributed by atoms with E-state index in [1.54, 1.807) is 12.1 Å². The van der Waals surface area contributed by atoms with Crippen molar-refractivity contribution in [2.45, 2.75) is 47.5 Å². The molecule has 6 nitrogen and oxygen atoms in total. The lowest BCUT2D eigenvalue weighted by Gasteiger charge is -2.16. The van der Waals surface area contributed by atoms with Crippen molar-refractivity contribution < 1.29 is 18.3 Å². The molecule has 3 rings (SSSR count). The Hall–Kier alpha value is -1.62. The highest BCUT2D eigenvalue weighted by Gasteiger charge is 2.49. The zero-order valence-corrected chi connectivity index (χ0v) is 14.3. The lowest BCUT2D eigenvalue weighted by atomic mass is 10.0. The molecule has 0 aromatic heterocycles. The van der Waals surface area contributed by atoms with Crippen molar-refractivity contribution in [3.05, 3.63) is 29.3 Å². The summed E-state index contributed by atoms with van der Waals surface area (Å²) in [7, 11) is -3.74. The highest BCUT2D eigenvalue weighted by atomic mass is 35.5. The van der Waals surface area contributed by atoms with E-state index in [4.69, 9.17) is 16.9 Å². The van der Waals surface area contributed by atoms with Crippen LogP contribution in [-0.4, -0.2) is 36.3 Å². The first-order valence-corrected chi connectivity index (χ1v) is 9.61. The summed E-state index contributed by atoms with van der Waals surface area (Å²) in [4.78, 5) is 12.3. The Labute approximate surface area is 145 Å². The average molecular weight is 369 g/mol. The predicted molar refractivity (Wildman–Crippen MR) is 86.9 cm³/mol. The first-order valence-electron chi connectivity index (χ1n) is 7.69. The number of aliphatic hydroxyl groups is 1. The number of aliphatic hydroxyl groups excluding tert-OH is 1. The molecule has 24 heavy (non-hydrogen) atoms. The fourth-order valence-electron chi connectivity index (χ4n) is 3.08. The monoisotopic (exact) mass is 368 g/mol. The van der Waals surface area contributed by atoms with Crippen LogP contribution < -0.4 is 5.32 Å². The third-order valence-corrected chi connectivity index (χ3v) is 7.40. The number of halogens is 1. The maximum atomic E-state index is 12.7. The Morgan fingerprint density at radius 2 is 2.00 bits per heavy atom. The molecule has 1 amide bonds. The summed E-state index contributed by atoms with van der Waals surface area (Å²) >= 11 is 5.98. The highest BCUT2D eigenvalue weighted by Crippen LogP contribution is 2.39. The van der Waals surface area contributed by atoms with Gasteiger partial charge < -0.3 is 10.4 Å². The van der Waals surface area contributed by atoms with Crippen LogP contribution in [0, 0.1) is 17.2 Å². The molecule has 2 aliphatic carbocycles. The molecule has 0 bridgehead atoms. The smallest absolute Gasteiger partial charge is 0.227 e. The van der Waals surface area contributed by atoms with Gasteiger partial charge in [-0.2, -0.15) is 5.26 Å². The largest absolute Gasteiger partial charge is 0.392 e. The lowest BCUT2D eigenvalue weighted by Crippen LogP contribution is -2.42. The summed E-state index contributed by atoms with van der Waals surface area (Å²) in [5.41, 5.74) is -0.837. The van der Waals surface area contributed by atoms with Crippen LogP contribution >= 0.6 is 11.6 Å². The molecular formula is C16H17ClN2O4S. The zero-order valence-electron chi connectivity index (χ0n) is 12.8. The number of hydrogen-bond acceptors (Lipinski definition) is 5. The molecule has 0 saturated heterocycles. The van der Waals surface area contributed by atoms with Crippen LogP contribution in [0.2, 0.25) is 5.02 Å². The van der Waals surface area contributed by atoms with Gasteiger partial charge in [0.25, 0.3) is 0 Å². The molecule has 2 fully saturated rings. The Morgan fingerprint density at radius 1 is 1.33 bits per heavy atom. The molecule has 2 unspecified atom stereocenters. The number of nitriles is 1. The van der Waals surface area contributed by atoms with Crippen molar-refractivity contribution in [3.8, 4) is 6.07 Å². The topological polar surface area (TPSA) is 107 Å². The molecular weight excluding hydrogens is 352 g/mol. The Morgan fingerprint density at radius 3 is 2.58 bits per heavy atom. The van der Waals surface area contributed by atoms with Gasteiger partial charge in [0.05, 0.1) is 33.3 Å². The number of sulfone groups is 1. The molecule has 0 heterocycles. The number of rotatable bonds is 4. The quantitative estimate of drug-likeness (QED) is 0.835. The van der Waals surface area contributed by atoms with Crippen LogP contribution in [0.3, 0.4) is 0 Å². The molecule has 1 aromatic rings. The second-order valence-corrected chi connectivity index (χ2v) is 9.03. The third kappa shape index (κ3) is 3.02. The van der Waals surface area contributed by atoms with E-state index in [0.29, 0.717) is 12.8 Å². The second-order valence-electron chi connectivity index (χ2n) is 6.43. The summed E-state index contributed by atoms with van der Waals surface area (Å²) in [5.74, 6) is -1.29. The number of amides is 1. The molecule has 3 atom stereocenters. The van der Waals surface area contributed by atoms with E-state index >= 15 is 0 Å². The molecule has 128 valence electrons. The van der Waals surface area contributed by atoms with Gasteiger partial charge >= 0.3 is 0 Å². The SMILES string of the molecule is N#CC1(NC(=O)[C@@H]2CC(S(=O)(=O)c3ccccc3Cl)CC2O)CC1. The van der Waals surface area contributed by atoms with E-state index in [9.17, 15) is 18.3 Å². The van der Waals surface area contributed by atoms with Crippen LogP contribution in [0.4, 0.5) is 0 Å². The first kappa shape index (κ1) is 17.2. The van der Waals surface area contributed by atoms with Gasteiger partial charge in [-0.05, 0) is 37.8 Å². The standard InChI is InChI=1S/C16H17ClN2O4S/c17-12-3-1-2-4-14(12)24(22,23)10-7-11(13(20)8-10)15(21)19-16(9-18)5-6-16/h1-4,10-11,13,20H,5-8H2,(H,19,21)/t10?,11-,13?/m1/s1. The number of hydrogen-bond donors (Lipinski definition) is 2. The van der Waals surface area contributed by atoms with Crippen molar-refractivity contribution in [2.75, 3.05) is 0 Å². The van der Waals surface area contributed by atoms with E-state index in [2.05, 4.69) is 5.32 Å². The van der Waals surface area contributed by atoms with E-state index in [1.807, 2.05) is 6.07 Å². The minimum absolute atomic E-state index is 0.0145. The van der Waals surface area contributed by atoms with E-state index in [0.717, 1.165) is 0 Å². The summed E-state index contributed by atoms with van der Waals surface area (Å²) in [5, 5.41) is 21.1. The van der Waals surface area contributed by atoms with Crippen LogP contribution in [0.1, 0.15) is 25.7 Å². The summed E-state index contributed by atoms with van der Waals surface area (Å²) < 4.78 is 25.5. The van der Waals surface area contributed by atoms with Crippen LogP contribution in [-0.2, 0) is 14.6 Å². The van der Waals surface area contributed by atoms with Gasteiger partial charge in [0.2, 0.25) is 5.91 Å². The van der Waals surface area contributed by atoms with Crippen molar-refractivity contribution in [1.82, 2.24) is 5.32 Å². The number of carbonyl (C=O) groups excluding carboxylic acids is 1. The minimum Gasteiger partial charge on any atom is -0.392 e. The summed E-state index contributed by atoms with van der Waals surface area (Å²) in [6, 6.07) is 8.18. The number of carbonyl (C=O) groups is 1. The van der Waals surface area contributed by atoms with Gasteiger partial charge in [-0.1, -0.05) is 23.7 Å². The van der Waals surface area contributed by atoms with E-state index in [-0.39, 0.29) is 22.8 Å². The molecule has 0 radical (unpaired) electrons. The Balaban J connectivity index is 1.77. The summed E-state index contributed by atoms with van der Waals surface area (Å²) in [6.45, 7) is 0. The van der Waals surface area contributed by atoms with Crippen LogP contribution in [0.5, 0.6) is 0 Å². The minimum atomic E-state index is -3.74. The van der Waals surface area contributed by atoms with E-state index in [1.165, 1.54) is 12.1 Å². The number of nitrogens with zero attached hydrogens (tertiary/aromatic N) is 1. The molecule has 1 aromatic carbocycles. The maximum Gasteiger partial charge on any atom is 0.227 e. The number of benzene rings is 1. The second kappa shape index (κ2) is 6.03. The fraction of sp³-hybridized carbons (Fsp3) is 0.500. The Kier molecular flexibility index (Phi) is 4.32. The third-order valence-electron chi connectivity index (χ3n) is 4.73. The molecule has 0 aliphatic heterocycles. The van der Waals surface area contributed by atoms with Crippen molar-refractivity contribution in [3.63, 3.8) is 0 Å². The van der Waals surface area contributed by atoms with Crippen molar-refractivity contribution >= 4 is 27.3 Å². The normalized spacial score (nSPS) is 28.1. The highest BCUT2D eigenvalue weighted by molar-refractivity contribution is 7.92. The van der Waals surface area contributed by atoms with Gasteiger partial charge in [0.1, 0.15) is 5.54 Å². The molecule has 0 spiro atoms. The Bertz CT molecular complexity index is 814. The van der Waals surface area contributed by atoms with Crippen LogP contribution in [0.15, 0.2) is 29.2 Å². The van der Waals surface area contributed by atoms with Crippen LogP contribution in [0.25, 0.3) is 0 Å². The number of nitrogens with one attached hydrogen (secondary N) is 1. The van der Waals surface area contributed by atoms with Gasteiger partial charge in [0, 0.05) is 0 Å². The fourth-order valence-corrected chi connectivity index (χ4v) is 5.42. The molecule has 8 heteroatoms. The van der Waals surface area contributed by atoms with Gasteiger partial charge in [-0.25, -0.2) is 8.42 Å². The molecule has 2 saturated carbocycles.